The predicted octanol–water partition coefficient (Wildman–Crippen LogP) is 2.25. The van der Waals surface area contributed by atoms with Crippen LogP contribution in [-0.2, 0) is 4.74 Å². The molecule has 1 aromatic carbocycles. The maximum Gasteiger partial charge on any atom is 0.177 e. The molecule has 4 heterocycles. The fraction of sp³-hybridized carbons (Fsp3) is 0.318. The van der Waals surface area contributed by atoms with Crippen LogP contribution in [0.2, 0.25) is 0 Å². The van der Waals surface area contributed by atoms with Crippen molar-refractivity contribution in [1.29, 1.82) is 5.26 Å². The van der Waals surface area contributed by atoms with Crippen LogP contribution >= 0.6 is 0 Å². The summed E-state index contributed by atoms with van der Waals surface area (Å²) in [6.45, 7) is 1.51. The Kier molecular flexibility index (Phi) is 5.16. The van der Waals surface area contributed by atoms with Crippen molar-refractivity contribution in [3.8, 4) is 11.8 Å². The summed E-state index contributed by atoms with van der Waals surface area (Å²) in [4.78, 5) is 6.75. The molecule has 6 bridgehead atoms. The Bertz CT molecular complexity index is 1170. The number of rotatable bonds is 1. The zero-order valence-electron chi connectivity index (χ0n) is 16.8. The number of nitriles is 1. The first-order valence-electron chi connectivity index (χ1n) is 10.2. The van der Waals surface area contributed by atoms with Crippen LogP contribution in [0.5, 0.6) is 5.75 Å². The van der Waals surface area contributed by atoms with Crippen LogP contribution in [0.25, 0.3) is 5.65 Å². The summed E-state index contributed by atoms with van der Waals surface area (Å²) in [5.74, 6) is 2.05. The van der Waals surface area contributed by atoms with E-state index in [9.17, 15) is 10.4 Å². The van der Waals surface area contributed by atoms with Gasteiger partial charge in [0, 0.05) is 24.4 Å². The minimum Gasteiger partial charge on any atom is -0.489 e. The third kappa shape index (κ3) is 3.67. The molecule has 0 radical (unpaired) electrons. The van der Waals surface area contributed by atoms with Crippen molar-refractivity contribution in [2.24, 2.45) is 0 Å². The van der Waals surface area contributed by atoms with Crippen LogP contribution < -0.4 is 15.0 Å². The van der Waals surface area contributed by atoms with Crippen LogP contribution in [0.3, 0.4) is 0 Å². The number of nitrogens with one attached hydrogen (secondary N) is 1. The lowest BCUT2D eigenvalue weighted by molar-refractivity contribution is 0.0520. The van der Waals surface area contributed by atoms with Crippen LogP contribution in [0, 0.1) is 11.3 Å². The van der Waals surface area contributed by atoms with E-state index in [1.165, 1.54) is 6.20 Å². The van der Waals surface area contributed by atoms with Crippen molar-refractivity contribution in [3.63, 3.8) is 0 Å². The number of benzene rings is 1. The Hall–Kier alpha value is -3.61. The van der Waals surface area contributed by atoms with Gasteiger partial charge in [-0.1, -0.05) is 12.1 Å². The first-order valence-corrected chi connectivity index (χ1v) is 10.2. The van der Waals surface area contributed by atoms with Crippen molar-refractivity contribution >= 4 is 23.0 Å². The molecule has 31 heavy (non-hydrogen) atoms. The second-order valence-electron chi connectivity index (χ2n) is 7.44. The Balaban J connectivity index is 1.64. The second-order valence-corrected chi connectivity index (χ2v) is 7.44. The van der Waals surface area contributed by atoms with Gasteiger partial charge in [-0.3, -0.25) is 0 Å². The lowest BCUT2D eigenvalue weighted by Crippen LogP contribution is -2.40. The molecule has 0 aliphatic carbocycles. The lowest BCUT2D eigenvalue weighted by atomic mass is 10.2. The average Bonchev–Trinajstić information content (AvgIpc) is 3.39. The van der Waals surface area contributed by atoms with Gasteiger partial charge in [0.1, 0.15) is 35.6 Å². The molecular weight excluding hydrogens is 396 g/mol. The number of hydrogen-bond acceptors (Lipinski definition) is 8. The van der Waals surface area contributed by atoms with E-state index in [-0.39, 0.29) is 18.8 Å². The highest BCUT2D eigenvalue weighted by Gasteiger charge is 2.35. The Labute approximate surface area is 179 Å². The van der Waals surface area contributed by atoms with E-state index in [0.717, 1.165) is 17.9 Å². The molecule has 2 aliphatic rings. The molecular formula is C22H22N6O3. The SMILES string of the molecule is N#Cc1cnn2c3cc(nc12)N1CC[C@H](OC/C=C/COc2cccc(c2)N3)[C@H]1CO. The van der Waals surface area contributed by atoms with Crippen molar-refractivity contribution < 1.29 is 14.6 Å². The molecule has 2 aliphatic heterocycles. The summed E-state index contributed by atoms with van der Waals surface area (Å²) in [5, 5.41) is 27.3. The second kappa shape index (κ2) is 8.26. The highest BCUT2D eigenvalue weighted by molar-refractivity contribution is 5.68. The molecule has 2 aromatic heterocycles. The quantitative estimate of drug-likeness (QED) is 0.580. The molecule has 3 aromatic rings. The number of ether oxygens (including phenoxy) is 2. The van der Waals surface area contributed by atoms with Gasteiger partial charge in [-0.05, 0) is 24.6 Å². The van der Waals surface area contributed by atoms with Crippen molar-refractivity contribution in [3.05, 3.63) is 54.2 Å². The molecule has 2 atom stereocenters. The van der Waals surface area contributed by atoms with E-state index in [1.54, 1.807) is 4.52 Å². The Morgan fingerprint density at radius 2 is 2.16 bits per heavy atom. The molecule has 2 N–H and O–H groups in total. The van der Waals surface area contributed by atoms with Gasteiger partial charge < -0.3 is 24.8 Å². The largest absolute Gasteiger partial charge is 0.489 e. The van der Waals surface area contributed by atoms with Gasteiger partial charge in [-0.25, -0.2) is 4.98 Å². The topological polar surface area (TPSA) is 108 Å². The van der Waals surface area contributed by atoms with Crippen LogP contribution in [0.1, 0.15) is 12.0 Å². The van der Waals surface area contributed by atoms with E-state index in [2.05, 4.69) is 16.5 Å². The van der Waals surface area contributed by atoms with Crippen LogP contribution in [0.15, 0.2) is 48.7 Å². The molecule has 9 heteroatoms. The minimum absolute atomic E-state index is 0.0560. The monoisotopic (exact) mass is 418 g/mol. The maximum absolute atomic E-state index is 10.1. The minimum atomic E-state index is -0.225. The van der Waals surface area contributed by atoms with Crippen molar-refractivity contribution in [2.75, 3.05) is 36.6 Å². The molecule has 158 valence electrons. The Morgan fingerprint density at radius 1 is 1.26 bits per heavy atom. The molecule has 1 saturated heterocycles. The molecule has 0 saturated carbocycles. The first-order chi connectivity index (χ1) is 15.3. The third-order valence-electron chi connectivity index (χ3n) is 5.57. The highest BCUT2D eigenvalue weighted by atomic mass is 16.5. The molecule has 5 rings (SSSR count). The zero-order chi connectivity index (χ0) is 21.2. The first kappa shape index (κ1) is 19.4. The zero-order valence-corrected chi connectivity index (χ0v) is 16.8. The number of fused-ring (bicyclic) bond motifs is 9. The van der Waals surface area contributed by atoms with Crippen molar-refractivity contribution in [2.45, 2.75) is 18.6 Å². The summed E-state index contributed by atoms with van der Waals surface area (Å²) in [7, 11) is 0. The van der Waals surface area contributed by atoms with Gasteiger partial charge in [0.25, 0.3) is 0 Å². The number of nitrogens with zero attached hydrogens (tertiary/aromatic N) is 5. The number of anilines is 3. The maximum atomic E-state index is 10.1. The molecule has 0 amide bonds. The summed E-state index contributed by atoms with van der Waals surface area (Å²) in [6, 6.07) is 11.4. The fourth-order valence-electron chi connectivity index (χ4n) is 4.06. The van der Waals surface area contributed by atoms with Gasteiger partial charge in [0.2, 0.25) is 0 Å². The van der Waals surface area contributed by atoms with Gasteiger partial charge >= 0.3 is 0 Å². The number of hydrogen-bond donors (Lipinski definition) is 2. The number of aliphatic hydroxyl groups is 1. The van der Waals surface area contributed by atoms with Gasteiger partial charge in [-0.15, -0.1) is 0 Å². The average molecular weight is 418 g/mol. The third-order valence-corrected chi connectivity index (χ3v) is 5.57. The summed E-state index contributed by atoms with van der Waals surface area (Å²) in [6.07, 6.45) is 6.01. The van der Waals surface area contributed by atoms with Gasteiger partial charge in [-0.2, -0.15) is 14.9 Å². The van der Waals surface area contributed by atoms with E-state index < -0.39 is 0 Å². The van der Waals surface area contributed by atoms with Crippen LogP contribution in [-0.4, -0.2) is 58.2 Å². The van der Waals surface area contributed by atoms with Crippen molar-refractivity contribution in [1.82, 2.24) is 14.6 Å². The summed E-state index contributed by atoms with van der Waals surface area (Å²) < 4.78 is 13.4. The van der Waals surface area contributed by atoms with Gasteiger partial charge in [0.05, 0.1) is 31.6 Å². The van der Waals surface area contributed by atoms with Crippen LogP contribution in [0.4, 0.5) is 17.3 Å². The number of aromatic nitrogens is 3. The molecule has 1 fully saturated rings. The lowest BCUT2D eigenvalue weighted by Gasteiger charge is -2.28. The normalized spacial score (nSPS) is 21.9. The summed E-state index contributed by atoms with van der Waals surface area (Å²) in [5.41, 5.74) is 1.66. The van der Waals surface area contributed by atoms with E-state index >= 15 is 0 Å². The summed E-state index contributed by atoms with van der Waals surface area (Å²) >= 11 is 0. The number of aliphatic hydroxyl groups excluding tert-OH is 1. The highest BCUT2D eigenvalue weighted by Crippen LogP contribution is 2.31. The predicted molar refractivity (Wildman–Crippen MR) is 115 cm³/mol. The standard InChI is InChI=1S/C22H22N6O3/c23-12-15-13-24-28-21-11-20(26-22(15)28)27-7-6-19(18(27)14-29)31-9-2-1-8-30-17-5-3-4-16(10-17)25-21/h1-5,10-11,13,18-19,25,29H,6-9,14H2/b2-1+/t18-,19+/m1/s1. The molecule has 0 spiro atoms. The van der Waals surface area contributed by atoms with Gasteiger partial charge in [0.15, 0.2) is 5.65 Å². The smallest absolute Gasteiger partial charge is 0.177 e. The molecule has 9 nitrogen and oxygen atoms in total. The molecule has 0 unspecified atom stereocenters. The Morgan fingerprint density at radius 3 is 3.03 bits per heavy atom. The van der Waals surface area contributed by atoms with E-state index in [0.29, 0.717) is 42.6 Å². The van der Waals surface area contributed by atoms with E-state index in [4.69, 9.17) is 14.5 Å². The fourth-order valence-corrected chi connectivity index (χ4v) is 4.06. The van der Waals surface area contributed by atoms with E-state index in [1.807, 2.05) is 47.4 Å².